The highest BCUT2D eigenvalue weighted by molar-refractivity contribution is 7.14. The smallest absolute Gasteiger partial charge is 0.275 e. The Kier molecular flexibility index (Phi) is 5.24. The van der Waals surface area contributed by atoms with Crippen LogP contribution in [0.25, 0.3) is 0 Å². The summed E-state index contributed by atoms with van der Waals surface area (Å²) in [5.41, 5.74) is 0.511. The Morgan fingerprint density at radius 1 is 0.962 bits per heavy atom. The zero-order valence-corrected chi connectivity index (χ0v) is 14.5. The van der Waals surface area contributed by atoms with Gasteiger partial charge in [-0.3, -0.25) is 14.9 Å². The molecule has 5 nitrogen and oxygen atoms in total. The van der Waals surface area contributed by atoms with Crippen molar-refractivity contribution in [3.8, 4) is 0 Å². The first-order valence-electron chi connectivity index (χ1n) is 7.21. The van der Waals surface area contributed by atoms with Crippen molar-refractivity contribution < 1.29 is 18.4 Å². The van der Waals surface area contributed by atoms with Crippen LogP contribution in [-0.4, -0.2) is 16.8 Å². The second-order valence-electron chi connectivity index (χ2n) is 5.08. The fourth-order valence-electron chi connectivity index (χ4n) is 1.98. The molecule has 2 N–H and O–H groups in total. The van der Waals surface area contributed by atoms with Crippen LogP contribution in [0.3, 0.4) is 0 Å². The Morgan fingerprint density at radius 3 is 2.38 bits per heavy atom. The summed E-state index contributed by atoms with van der Waals surface area (Å²) in [7, 11) is 0. The van der Waals surface area contributed by atoms with E-state index < -0.39 is 23.4 Å². The van der Waals surface area contributed by atoms with Gasteiger partial charge < -0.3 is 5.32 Å². The lowest BCUT2D eigenvalue weighted by atomic mass is 10.2. The second kappa shape index (κ2) is 7.59. The number of amides is 2. The molecule has 0 spiro atoms. The number of halogens is 3. The first kappa shape index (κ1) is 18.0. The fourth-order valence-corrected chi connectivity index (χ4v) is 2.79. The standard InChI is InChI=1S/C17H10ClF2N3O2S/c18-10-3-1-9(2-4-10)15(24)23-17-22-14(8-26-17)16(25)21-11-5-6-12(19)13(20)7-11/h1-8H,(H,21,25)(H,22,23,24). The molecule has 0 fully saturated rings. The highest BCUT2D eigenvalue weighted by Gasteiger charge is 2.14. The van der Waals surface area contributed by atoms with Gasteiger partial charge in [0.25, 0.3) is 11.8 Å². The number of rotatable bonds is 4. The van der Waals surface area contributed by atoms with E-state index in [2.05, 4.69) is 15.6 Å². The third-order valence-electron chi connectivity index (χ3n) is 3.24. The molecule has 0 saturated heterocycles. The van der Waals surface area contributed by atoms with Crippen LogP contribution in [0, 0.1) is 11.6 Å². The molecular weight excluding hydrogens is 384 g/mol. The minimum absolute atomic E-state index is 0.0335. The van der Waals surface area contributed by atoms with E-state index >= 15 is 0 Å². The van der Waals surface area contributed by atoms with Gasteiger partial charge in [0.05, 0.1) is 0 Å². The van der Waals surface area contributed by atoms with Gasteiger partial charge in [-0.2, -0.15) is 0 Å². The fraction of sp³-hybridized carbons (Fsp3) is 0. The summed E-state index contributed by atoms with van der Waals surface area (Å²) < 4.78 is 26.1. The molecule has 0 atom stereocenters. The van der Waals surface area contributed by atoms with E-state index in [0.29, 0.717) is 10.6 Å². The molecule has 3 aromatic rings. The van der Waals surface area contributed by atoms with Crippen molar-refractivity contribution in [3.63, 3.8) is 0 Å². The van der Waals surface area contributed by atoms with Crippen LogP contribution in [0.4, 0.5) is 19.6 Å². The minimum atomic E-state index is -1.07. The van der Waals surface area contributed by atoms with Crippen LogP contribution in [-0.2, 0) is 0 Å². The zero-order chi connectivity index (χ0) is 18.7. The quantitative estimate of drug-likeness (QED) is 0.681. The molecule has 0 aliphatic rings. The summed E-state index contributed by atoms with van der Waals surface area (Å²) in [5.74, 6) is -3.09. The van der Waals surface area contributed by atoms with Crippen molar-refractivity contribution in [1.82, 2.24) is 4.98 Å². The van der Waals surface area contributed by atoms with Gasteiger partial charge in [0, 0.05) is 27.7 Å². The molecule has 26 heavy (non-hydrogen) atoms. The summed E-state index contributed by atoms with van der Waals surface area (Å²) >= 11 is 6.83. The first-order chi connectivity index (χ1) is 12.4. The Balaban J connectivity index is 1.66. The Hall–Kier alpha value is -2.84. The molecule has 3 rings (SSSR count). The largest absolute Gasteiger partial charge is 0.321 e. The lowest BCUT2D eigenvalue weighted by molar-refractivity contribution is 0.101. The van der Waals surface area contributed by atoms with Gasteiger partial charge in [0.2, 0.25) is 0 Å². The highest BCUT2D eigenvalue weighted by atomic mass is 35.5. The molecule has 9 heteroatoms. The number of aromatic nitrogens is 1. The first-order valence-corrected chi connectivity index (χ1v) is 8.47. The van der Waals surface area contributed by atoms with Gasteiger partial charge in [-0.15, -0.1) is 11.3 Å². The number of thiazole rings is 1. The van der Waals surface area contributed by atoms with Crippen LogP contribution in [0.5, 0.6) is 0 Å². The molecule has 0 saturated carbocycles. The molecule has 132 valence electrons. The summed E-state index contributed by atoms with van der Waals surface area (Å²) in [6, 6.07) is 9.28. The molecule has 0 aliphatic carbocycles. The third kappa shape index (κ3) is 4.22. The zero-order valence-electron chi connectivity index (χ0n) is 12.9. The number of benzene rings is 2. The van der Waals surface area contributed by atoms with Crippen molar-refractivity contribution >= 4 is 45.6 Å². The van der Waals surface area contributed by atoms with Crippen LogP contribution < -0.4 is 10.6 Å². The summed E-state index contributed by atoms with van der Waals surface area (Å²) in [6.45, 7) is 0. The Bertz CT molecular complexity index is 976. The maximum atomic E-state index is 13.2. The van der Waals surface area contributed by atoms with Crippen molar-refractivity contribution in [2.75, 3.05) is 10.6 Å². The van der Waals surface area contributed by atoms with Gasteiger partial charge in [-0.1, -0.05) is 11.6 Å². The molecular formula is C17H10ClF2N3O2S. The van der Waals surface area contributed by atoms with Crippen molar-refractivity contribution in [2.24, 2.45) is 0 Å². The van der Waals surface area contributed by atoms with Crippen LogP contribution in [0.1, 0.15) is 20.8 Å². The topological polar surface area (TPSA) is 71.1 Å². The maximum absolute atomic E-state index is 13.2. The third-order valence-corrected chi connectivity index (χ3v) is 4.25. The molecule has 2 aromatic carbocycles. The van der Waals surface area contributed by atoms with E-state index in [-0.39, 0.29) is 16.5 Å². The van der Waals surface area contributed by atoms with Gasteiger partial charge in [-0.25, -0.2) is 13.8 Å². The normalized spacial score (nSPS) is 10.4. The van der Waals surface area contributed by atoms with E-state index in [1.54, 1.807) is 24.3 Å². The SMILES string of the molecule is O=C(Nc1nc(C(=O)Nc2ccc(F)c(F)c2)cs1)c1ccc(Cl)cc1. The lowest BCUT2D eigenvalue weighted by Crippen LogP contribution is -2.14. The van der Waals surface area contributed by atoms with Gasteiger partial charge in [0.15, 0.2) is 16.8 Å². The van der Waals surface area contributed by atoms with Gasteiger partial charge >= 0.3 is 0 Å². The van der Waals surface area contributed by atoms with E-state index in [0.717, 1.165) is 23.5 Å². The number of hydrogen-bond acceptors (Lipinski definition) is 4. The molecule has 0 aliphatic heterocycles. The second-order valence-corrected chi connectivity index (χ2v) is 6.38. The summed E-state index contributed by atoms with van der Waals surface area (Å²) in [6.07, 6.45) is 0. The molecule has 1 heterocycles. The predicted molar refractivity (Wildman–Crippen MR) is 95.8 cm³/mol. The molecule has 1 aromatic heterocycles. The molecule has 2 amide bonds. The number of carbonyl (C=O) groups is 2. The van der Waals surface area contributed by atoms with Crippen molar-refractivity contribution in [3.05, 3.63) is 75.8 Å². The number of anilines is 2. The van der Waals surface area contributed by atoms with Crippen LogP contribution in [0.2, 0.25) is 5.02 Å². The Labute approximate surface area is 155 Å². The number of nitrogens with zero attached hydrogens (tertiary/aromatic N) is 1. The van der Waals surface area contributed by atoms with Crippen molar-refractivity contribution in [1.29, 1.82) is 0 Å². The molecule has 0 radical (unpaired) electrons. The molecule has 0 unspecified atom stereocenters. The van der Waals surface area contributed by atoms with Crippen LogP contribution in [0.15, 0.2) is 47.8 Å². The number of carbonyl (C=O) groups excluding carboxylic acids is 2. The highest BCUT2D eigenvalue weighted by Crippen LogP contribution is 2.19. The average molecular weight is 394 g/mol. The lowest BCUT2D eigenvalue weighted by Gasteiger charge is -2.04. The van der Waals surface area contributed by atoms with E-state index in [1.807, 2.05) is 0 Å². The van der Waals surface area contributed by atoms with E-state index in [9.17, 15) is 18.4 Å². The van der Waals surface area contributed by atoms with E-state index in [4.69, 9.17) is 11.6 Å². The maximum Gasteiger partial charge on any atom is 0.275 e. The van der Waals surface area contributed by atoms with Crippen LogP contribution >= 0.6 is 22.9 Å². The number of hydrogen-bond donors (Lipinski definition) is 2. The summed E-state index contributed by atoms with van der Waals surface area (Å²) in [5, 5.41) is 7.14. The minimum Gasteiger partial charge on any atom is -0.321 e. The average Bonchev–Trinajstić information content (AvgIpc) is 3.07. The Morgan fingerprint density at radius 2 is 1.69 bits per heavy atom. The summed E-state index contributed by atoms with van der Waals surface area (Å²) in [4.78, 5) is 28.2. The monoisotopic (exact) mass is 393 g/mol. The predicted octanol–water partition coefficient (Wildman–Crippen LogP) is 4.58. The van der Waals surface area contributed by atoms with Gasteiger partial charge in [0.1, 0.15) is 5.69 Å². The van der Waals surface area contributed by atoms with Crippen molar-refractivity contribution in [2.45, 2.75) is 0 Å². The molecule has 0 bridgehead atoms. The van der Waals surface area contributed by atoms with E-state index in [1.165, 1.54) is 11.4 Å². The van der Waals surface area contributed by atoms with Gasteiger partial charge in [-0.05, 0) is 36.4 Å². The number of nitrogens with one attached hydrogen (secondary N) is 2.